The maximum atomic E-state index is 13.9. The summed E-state index contributed by atoms with van der Waals surface area (Å²) in [4.78, 5) is 0. The van der Waals surface area contributed by atoms with Crippen LogP contribution in [0, 0.1) is 0 Å². The minimum absolute atomic E-state index is 0.0708. The van der Waals surface area contributed by atoms with Gasteiger partial charge in [0.2, 0.25) is 0 Å². The molecule has 0 unspecified atom stereocenters. The van der Waals surface area contributed by atoms with Crippen LogP contribution >= 0.6 is 0 Å². The van der Waals surface area contributed by atoms with E-state index in [1.165, 1.54) is 0 Å². The Morgan fingerprint density at radius 1 is 1.08 bits per heavy atom. The molecule has 134 valence electrons. The molecule has 0 bridgehead atoms. The SMILES string of the molecule is C[C@H](N[C@@H]1CCC(F)(F)C[C@@H]1OCc1ccccc1)c1ccccc1. The second-order valence-corrected chi connectivity index (χ2v) is 6.84. The van der Waals surface area contributed by atoms with Crippen molar-refractivity contribution in [2.24, 2.45) is 0 Å². The molecule has 0 spiro atoms. The van der Waals surface area contributed by atoms with E-state index < -0.39 is 12.0 Å². The second kappa shape index (κ2) is 8.07. The van der Waals surface area contributed by atoms with Gasteiger partial charge in [-0.2, -0.15) is 0 Å². The molecule has 1 N–H and O–H groups in total. The summed E-state index contributed by atoms with van der Waals surface area (Å²) >= 11 is 0. The summed E-state index contributed by atoms with van der Waals surface area (Å²) in [6.07, 6.45) is -0.380. The lowest BCUT2D eigenvalue weighted by Crippen LogP contribution is -2.49. The van der Waals surface area contributed by atoms with Crippen molar-refractivity contribution in [3.05, 3.63) is 71.8 Å². The van der Waals surface area contributed by atoms with Crippen molar-refractivity contribution in [2.45, 2.75) is 56.9 Å². The maximum Gasteiger partial charge on any atom is 0.250 e. The van der Waals surface area contributed by atoms with Gasteiger partial charge in [-0.25, -0.2) is 8.78 Å². The Morgan fingerprint density at radius 3 is 2.40 bits per heavy atom. The second-order valence-electron chi connectivity index (χ2n) is 6.84. The number of ether oxygens (including phenoxy) is 1. The lowest BCUT2D eigenvalue weighted by molar-refractivity contribution is -0.114. The lowest BCUT2D eigenvalue weighted by Gasteiger charge is -2.38. The van der Waals surface area contributed by atoms with Crippen molar-refractivity contribution in [1.82, 2.24) is 5.32 Å². The molecule has 2 nitrogen and oxygen atoms in total. The molecule has 0 aliphatic heterocycles. The van der Waals surface area contributed by atoms with E-state index in [1.54, 1.807) is 0 Å². The first-order valence-corrected chi connectivity index (χ1v) is 8.88. The van der Waals surface area contributed by atoms with Gasteiger partial charge in [0.05, 0.1) is 12.7 Å². The van der Waals surface area contributed by atoms with Gasteiger partial charge in [-0.3, -0.25) is 0 Å². The van der Waals surface area contributed by atoms with Crippen LogP contribution in [-0.4, -0.2) is 18.1 Å². The molecule has 0 heterocycles. The highest BCUT2D eigenvalue weighted by Gasteiger charge is 2.42. The largest absolute Gasteiger partial charge is 0.372 e. The van der Waals surface area contributed by atoms with E-state index in [0.717, 1.165) is 11.1 Å². The summed E-state index contributed by atoms with van der Waals surface area (Å²) in [7, 11) is 0. The standard InChI is InChI=1S/C21H25F2NO/c1-16(18-10-6-3-7-11-18)24-19-12-13-21(22,23)14-20(19)25-15-17-8-4-2-5-9-17/h2-11,16,19-20,24H,12-15H2,1H3/t16-,19+,20-/m0/s1. The van der Waals surface area contributed by atoms with Gasteiger partial charge in [0.15, 0.2) is 0 Å². The molecule has 25 heavy (non-hydrogen) atoms. The molecule has 2 aromatic carbocycles. The third-order valence-electron chi connectivity index (χ3n) is 4.84. The van der Waals surface area contributed by atoms with E-state index in [2.05, 4.69) is 24.4 Å². The molecule has 1 saturated carbocycles. The number of nitrogens with one attached hydrogen (secondary N) is 1. The summed E-state index contributed by atoms with van der Waals surface area (Å²) in [6.45, 7) is 2.43. The normalized spacial score (nSPS) is 24.0. The van der Waals surface area contributed by atoms with Crippen LogP contribution in [0.3, 0.4) is 0 Å². The number of alkyl halides is 2. The minimum atomic E-state index is -2.64. The predicted molar refractivity (Wildman–Crippen MR) is 95.6 cm³/mol. The van der Waals surface area contributed by atoms with Gasteiger partial charge in [0.1, 0.15) is 0 Å². The van der Waals surface area contributed by atoms with Gasteiger partial charge < -0.3 is 10.1 Å². The Bertz CT molecular complexity index is 647. The number of hydrogen-bond acceptors (Lipinski definition) is 2. The fourth-order valence-corrected chi connectivity index (χ4v) is 3.39. The average molecular weight is 345 g/mol. The summed E-state index contributed by atoms with van der Waals surface area (Å²) in [6, 6.07) is 19.8. The van der Waals surface area contributed by atoms with Crippen LogP contribution in [0.25, 0.3) is 0 Å². The highest BCUT2D eigenvalue weighted by atomic mass is 19.3. The van der Waals surface area contributed by atoms with Gasteiger partial charge in [-0.05, 0) is 24.5 Å². The van der Waals surface area contributed by atoms with Gasteiger partial charge in [0.25, 0.3) is 5.92 Å². The van der Waals surface area contributed by atoms with Gasteiger partial charge in [-0.1, -0.05) is 60.7 Å². The van der Waals surface area contributed by atoms with E-state index in [4.69, 9.17) is 4.74 Å². The summed E-state index contributed by atoms with van der Waals surface area (Å²) < 4.78 is 33.7. The zero-order chi connectivity index (χ0) is 17.7. The average Bonchev–Trinajstić information content (AvgIpc) is 2.63. The Kier molecular flexibility index (Phi) is 5.82. The van der Waals surface area contributed by atoms with Gasteiger partial charge in [-0.15, -0.1) is 0 Å². The van der Waals surface area contributed by atoms with E-state index in [1.807, 2.05) is 48.5 Å². The quantitative estimate of drug-likeness (QED) is 0.785. The molecule has 1 aliphatic rings. The van der Waals surface area contributed by atoms with Crippen LogP contribution < -0.4 is 5.32 Å². The lowest BCUT2D eigenvalue weighted by atomic mass is 9.88. The molecule has 0 amide bonds. The summed E-state index contributed by atoms with van der Waals surface area (Å²) in [5, 5.41) is 3.50. The first-order valence-electron chi connectivity index (χ1n) is 8.88. The van der Waals surface area contributed by atoms with E-state index in [-0.39, 0.29) is 24.9 Å². The number of halogens is 2. The Hall–Kier alpha value is -1.78. The molecular formula is C21H25F2NO. The Morgan fingerprint density at radius 2 is 1.72 bits per heavy atom. The molecule has 1 aliphatic carbocycles. The fraction of sp³-hybridized carbons (Fsp3) is 0.429. The van der Waals surface area contributed by atoms with Crippen molar-refractivity contribution in [3.63, 3.8) is 0 Å². The van der Waals surface area contributed by atoms with Gasteiger partial charge in [0, 0.05) is 24.9 Å². The third-order valence-corrected chi connectivity index (χ3v) is 4.84. The van der Waals surface area contributed by atoms with Crippen LogP contribution in [0.15, 0.2) is 60.7 Å². The highest BCUT2D eigenvalue weighted by Crippen LogP contribution is 2.36. The molecule has 0 aromatic heterocycles. The van der Waals surface area contributed by atoms with E-state index in [0.29, 0.717) is 13.0 Å². The molecule has 3 atom stereocenters. The van der Waals surface area contributed by atoms with Crippen molar-refractivity contribution in [1.29, 1.82) is 0 Å². The van der Waals surface area contributed by atoms with Crippen LogP contribution in [0.2, 0.25) is 0 Å². The first-order chi connectivity index (χ1) is 12.0. The molecule has 4 heteroatoms. The Balaban J connectivity index is 1.65. The molecule has 0 saturated heterocycles. The zero-order valence-electron chi connectivity index (χ0n) is 14.5. The van der Waals surface area contributed by atoms with Crippen molar-refractivity contribution < 1.29 is 13.5 Å². The predicted octanol–water partition coefficient (Wildman–Crippen LogP) is 5.11. The summed E-state index contributed by atoms with van der Waals surface area (Å²) in [5.41, 5.74) is 2.16. The topological polar surface area (TPSA) is 21.3 Å². The maximum absolute atomic E-state index is 13.9. The minimum Gasteiger partial charge on any atom is -0.372 e. The molecule has 0 radical (unpaired) electrons. The van der Waals surface area contributed by atoms with Crippen LogP contribution in [0.5, 0.6) is 0 Å². The van der Waals surface area contributed by atoms with Crippen molar-refractivity contribution >= 4 is 0 Å². The third kappa shape index (κ3) is 5.10. The number of rotatable bonds is 6. The smallest absolute Gasteiger partial charge is 0.250 e. The number of hydrogen-bond donors (Lipinski definition) is 1. The molecule has 2 aromatic rings. The molecule has 1 fully saturated rings. The van der Waals surface area contributed by atoms with E-state index >= 15 is 0 Å². The van der Waals surface area contributed by atoms with Gasteiger partial charge >= 0.3 is 0 Å². The van der Waals surface area contributed by atoms with Crippen molar-refractivity contribution in [2.75, 3.05) is 0 Å². The fourth-order valence-electron chi connectivity index (χ4n) is 3.39. The monoisotopic (exact) mass is 345 g/mol. The highest BCUT2D eigenvalue weighted by molar-refractivity contribution is 5.18. The summed E-state index contributed by atoms with van der Waals surface area (Å²) in [5.74, 6) is -2.64. The Labute approximate surface area is 148 Å². The van der Waals surface area contributed by atoms with Crippen LogP contribution in [0.1, 0.15) is 43.4 Å². The molecular weight excluding hydrogens is 320 g/mol. The zero-order valence-corrected chi connectivity index (χ0v) is 14.5. The van der Waals surface area contributed by atoms with Crippen LogP contribution in [-0.2, 0) is 11.3 Å². The van der Waals surface area contributed by atoms with Crippen LogP contribution in [0.4, 0.5) is 8.78 Å². The van der Waals surface area contributed by atoms with Crippen molar-refractivity contribution in [3.8, 4) is 0 Å². The molecule has 3 rings (SSSR count). The van der Waals surface area contributed by atoms with E-state index in [9.17, 15) is 8.78 Å². The number of benzene rings is 2. The first kappa shape index (κ1) is 18.0.